The maximum absolute atomic E-state index is 3.59. The molecule has 0 fully saturated rings. The summed E-state index contributed by atoms with van der Waals surface area (Å²) in [6.45, 7) is 9.00. The topological polar surface area (TPSA) is 15.0 Å². The number of rotatable bonds is 6. The molecule has 1 aromatic rings. The fourth-order valence-electron chi connectivity index (χ4n) is 2.72. The van der Waals surface area contributed by atoms with Gasteiger partial charge in [0.2, 0.25) is 0 Å². The standard InChI is InChI=1S/C16H25N2/c1-3-18-12-6-9-16(18)13-17-11-10-15-8-5-4-7-14(15)2/h4-5,7-8,17H,3,6,9-13H2,1-2H3/q+1. The summed E-state index contributed by atoms with van der Waals surface area (Å²) >= 11 is 0. The molecule has 0 aliphatic carbocycles. The molecule has 0 amide bonds. The van der Waals surface area contributed by atoms with Gasteiger partial charge in [0, 0.05) is 12.8 Å². The fourth-order valence-corrected chi connectivity index (χ4v) is 2.72. The zero-order valence-corrected chi connectivity index (χ0v) is 11.7. The summed E-state index contributed by atoms with van der Waals surface area (Å²) in [7, 11) is 0. The number of hydrogen-bond donors (Lipinski definition) is 1. The van der Waals surface area contributed by atoms with Crippen LogP contribution in [-0.2, 0) is 6.42 Å². The molecule has 98 valence electrons. The fraction of sp³-hybridized carbons (Fsp3) is 0.562. The van der Waals surface area contributed by atoms with E-state index in [1.807, 2.05) is 0 Å². The van der Waals surface area contributed by atoms with E-state index in [1.54, 1.807) is 5.71 Å². The second-order valence-electron chi connectivity index (χ2n) is 5.10. The Labute approximate surface area is 111 Å². The highest BCUT2D eigenvalue weighted by atomic mass is 15.0. The van der Waals surface area contributed by atoms with Crippen molar-refractivity contribution < 1.29 is 4.58 Å². The van der Waals surface area contributed by atoms with Gasteiger partial charge in [0.05, 0.1) is 6.54 Å². The minimum Gasteiger partial charge on any atom is -0.307 e. The Hall–Kier alpha value is -1.15. The van der Waals surface area contributed by atoms with Crippen molar-refractivity contribution in [1.82, 2.24) is 5.32 Å². The Morgan fingerprint density at radius 2 is 2.11 bits per heavy atom. The lowest BCUT2D eigenvalue weighted by Gasteiger charge is -2.06. The summed E-state index contributed by atoms with van der Waals surface area (Å²) in [6, 6.07) is 8.67. The summed E-state index contributed by atoms with van der Waals surface area (Å²) in [5.41, 5.74) is 4.47. The molecule has 2 nitrogen and oxygen atoms in total. The lowest BCUT2D eigenvalue weighted by Crippen LogP contribution is -2.29. The van der Waals surface area contributed by atoms with Crippen LogP contribution in [0.15, 0.2) is 24.3 Å². The molecule has 0 saturated carbocycles. The monoisotopic (exact) mass is 245 g/mol. The maximum atomic E-state index is 3.59. The summed E-state index contributed by atoms with van der Waals surface area (Å²) in [6.07, 6.45) is 3.75. The Morgan fingerprint density at radius 3 is 2.89 bits per heavy atom. The SMILES string of the molecule is CC[N+]1=C(CNCCc2ccccc2C)CCC1. The van der Waals surface area contributed by atoms with E-state index in [2.05, 4.69) is 48.0 Å². The Balaban J connectivity index is 1.75. The molecular formula is C16H25N2+. The zero-order valence-electron chi connectivity index (χ0n) is 11.7. The zero-order chi connectivity index (χ0) is 12.8. The first-order chi connectivity index (χ1) is 8.81. The summed E-state index contributed by atoms with van der Waals surface area (Å²) in [5, 5.41) is 3.59. The van der Waals surface area contributed by atoms with E-state index >= 15 is 0 Å². The van der Waals surface area contributed by atoms with Gasteiger partial charge in [0.25, 0.3) is 0 Å². The van der Waals surface area contributed by atoms with Crippen LogP contribution in [0, 0.1) is 6.92 Å². The van der Waals surface area contributed by atoms with Crippen LogP contribution in [0.5, 0.6) is 0 Å². The first-order valence-corrected chi connectivity index (χ1v) is 7.16. The highest BCUT2D eigenvalue weighted by Crippen LogP contribution is 2.07. The second-order valence-corrected chi connectivity index (χ2v) is 5.10. The van der Waals surface area contributed by atoms with Gasteiger partial charge in [-0.1, -0.05) is 24.3 Å². The van der Waals surface area contributed by atoms with Gasteiger partial charge in [-0.3, -0.25) is 0 Å². The highest BCUT2D eigenvalue weighted by Gasteiger charge is 2.19. The van der Waals surface area contributed by atoms with Crippen molar-refractivity contribution in [1.29, 1.82) is 0 Å². The van der Waals surface area contributed by atoms with Gasteiger partial charge in [-0.05, 0) is 37.9 Å². The van der Waals surface area contributed by atoms with Crippen molar-refractivity contribution in [2.75, 3.05) is 26.2 Å². The van der Waals surface area contributed by atoms with Crippen LogP contribution in [0.4, 0.5) is 0 Å². The molecule has 1 aliphatic rings. The highest BCUT2D eigenvalue weighted by molar-refractivity contribution is 5.82. The minimum absolute atomic E-state index is 1.07. The van der Waals surface area contributed by atoms with E-state index in [-0.39, 0.29) is 0 Å². The van der Waals surface area contributed by atoms with Gasteiger partial charge in [-0.25, -0.2) is 4.58 Å². The van der Waals surface area contributed by atoms with Gasteiger partial charge in [-0.15, -0.1) is 0 Å². The number of aryl methyl sites for hydroxylation is 1. The molecule has 0 saturated heterocycles. The van der Waals surface area contributed by atoms with Crippen LogP contribution in [0.1, 0.15) is 30.9 Å². The first kappa shape index (κ1) is 13.3. The Morgan fingerprint density at radius 1 is 1.28 bits per heavy atom. The van der Waals surface area contributed by atoms with Crippen LogP contribution >= 0.6 is 0 Å². The van der Waals surface area contributed by atoms with E-state index in [0.29, 0.717) is 0 Å². The Bertz CT molecular complexity index is 421. The third kappa shape index (κ3) is 3.42. The van der Waals surface area contributed by atoms with Crippen molar-refractivity contribution in [2.24, 2.45) is 0 Å². The van der Waals surface area contributed by atoms with Crippen LogP contribution in [-0.4, -0.2) is 36.5 Å². The molecule has 0 spiro atoms. The number of nitrogens with one attached hydrogen (secondary N) is 1. The third-order valence-corrected chi connectivity index (χ3v) is 3.88. The Kier molecular flexibility index (Phi) is 4.94. The van der Waals surface area contributed by atoms with Crippen LogP contribution < -0.4 is 5.32 Å². The average molecular weight is 245 g/mol. The minimum atomic E-state index is 1.07. The molecule has 2 heteroatoms. The lowest BCUT2D eigenvalue weighted by atomic mass is 10.1. The summed E-state index contributed by atoms with van der Waals surface area (Å²) < 4.78 is 2.51. The van der Waals surface area contributed by atoms with E-state index in [1.165, 1.54) is 30.5 Å². The molecule has 0 radical (unpaired) electrons. The van der Waals surface area contributed by atoms with E-state index < -0.39 is 0 Å². The molecule has 0 atom stereocenters. The molecule has 18 heavy (non-hydrogen) atoms. The van der Waals surface area contributed by atoms with Crippen molar-refractivity contribution >= 4 is 5.71 Å². The molecule has 1 N–H and O–H groups in total. The molecule has 0 aromatic heterocycles. The smallest absolute Gasteiger partial charge is 0.166 e. The van der Waals surface area contributed by atoms with E-state index in [0.717, 1.165) is 26.1 Å². The maximum Gasteiger partial charge on any atom is 0.166 e. The van der Waals surface area contributed by atoms with Crippen molar-refractivity contribution in [3.63, 3.8) is 0 Å². The molecule has 0 bridgehead atoms. The van der Waals surface area contributed by atoms with E-state index in [4.69, 9.17) is 0 Å². The van der Waals surface area contributed by atoms with Crippen molar-refractivity contribution in [3.8, 4) is 0 Å². The number of benzene rings is 1. The average Bonchev–Trinajstić information content (AvgIpc) is 2.84. The first-order valence-electron chi connectivity index (χ1n) is 7.16. The van der Waals surface area contributed by atoms with E-state index in [9.17, 15) is 0 Å². The molecule has 1 aliphatic heterocycles. The molecular weight excluding hydrogens is 220 g/mol. The largest absolute Gasteiger partial charge is 0.307 e. The van der Waals surface area contributed by atoms with Crippen molar-refractivity contribution in [2.45, 2.75) is 33.1 Å². The number of hydrogen-bond acceptors (Lipinski definition) is 1. The predicted molar refractivity (Wildman–Crippen MR) is 77.7 cm³/mol. The summed E-state index contributed by atoms with van der Waals surface area (Å²) in [4.78, 5) is 0. The molecule has 1 heterocycles. The van der Waals surface area contributed by atoms with Gasteiger partial charge in [-0.2, -0.15) is 0 Å². The van der Waals surface area contributed by atoms with Gasteiger partial charge in [0.15, 0.2) is 5.71 Å². The normalized spacial score (nSPS) is 15.4. The molecule has 1 aromatic carbocycles. The summed E-state index contributed by atoms with van der Waals surface area (Å²) in [5.74, 6) is 0. The third-order valence-electron chi connectivity index (χ3n) is 3.88. The van der Waals surface area contributed by atoms with Crippen LogP contribution in [0.3, 0.4) is 0 Å². The molecule has 2 rings (SSSR count). The van der Waals surface area contributed by atoms with Crippen molar-refractivity contribution in [3.05, 3.63) is 35.4 Å². The van der Waals surface area contributed by atoms with Gasteiger partial charge < -0.3 is 5.32 Å². The quantitative estimate of drug-likeness (QED) is 0.601. The van der Waals surface area contributed by atoms with Gasteiger partial charge >= 0.3 is 0 Å². The molecule has 0 unspecified atom stereocenters. The lowest BCUT2D eigenvalue weighted by molar-refractivity contribution is -0.516. The van der Waals surface area contributed by atoms with Crippen LogP contribution in [0.25, 0.3) is 0 Å². The van der Waals surface area contributed by atoms with Gasteiger partial charge in [0.1, 0.15) is 13.1 Å². The predicted octanol–water partition coefficient (Wildman–Crippen LogP) is 2.39. The van der Waals surface area contributed by atoms with Crippen LogP contribution in [0.2, 0.25) is 0 Å². The second kappa shape index (κ2) is 6.69. The number of nitrogens with zero attached hydrogens (tertiary/aromatic N) is 1.